The van der Waals surface area contributed by atoms with Crippen LogP contribution >= 0.6 is 11.6 Å². The van der Waals surface area contributed by atoms with Crippen LogP contribution < -0.4 is 5.32 Å². The van der Waals surface area contributed by atoms with Crippen LogP contribution in [0.2, 0.25) is 5.02 Å². The van der Waals surface area contributed by atoms with Crippen LogP contribution in [0, 0.1) is 0 Å². The zero-order valence-corrected chi connectivity index (χ0v) is 18.5. The molecule has 2 aromatic carbocycles. The van der Waals surface area contributed by atoms with Gasteiger partial charge < -0.3 is 15.0 Å². The van der Waals surface area contributed by atoms with Crippen LogP contribution in [0.3, 0.4) is 0 Å². The minimum absolute atomic E-state index is 0.204. The maximum absolute atomic E-state index is 12.8. The number of rotatable bonds is 3. The fourth-order valence-corrected chi connectivity index (χ4v) is 3.86. The highest BCUT2D eigenvalue weighted by Gasteiger charge is 2.33. The standard InChI is InChI=1S/C23H26ClF3N2O2/c1-22(2,3)31-21(30)29-12-4-5-16(14-29)15-6-8-17(9-7-15)28-18-10-11-19(20(24)13-18)23(25,26)27/h6-11,13,16,28H,4-5,12,14H2,1-3H3. The number of likely N-dealkylation sites (tertiary alicyclic amines) is 1. The van der Waals surface area contributed by atoms with E-state index in [-0.39, 0.29) is 17.0 Å². The Hall–Kier alpha value is -2.41. The third-order valence-electron chi connectivity index (χ3n) is 5.02. The van der Waals surface area contributed by atoms with Gasteiger partial charge in [-0.2, -0.15) is 13.2 Å². The second-order valence-corrected chi connectivity index (χ2v) is 9.11. The predicted molar refractivity (Wildman–Crippen MR) is 116 cm³/mol. The van der Waals surface area contributed by atoms with Gasteiger partial charge in [-0.3, -0.25) is 0 Å². The fraction of sp³-hybridized carbons (Fsp3) is 0.435. The van der Waals surface area contributed by atoms with E-state index < -0.39 is 17.3 Å². The number of hydrogen-bond acceptors (Lipinski definition) is 3. The molecule has 1 aliphatic heterocycles. The molecule has 1 atom stereocenters. The Morgan fingerprint density at radius 2 is 1.74 bits per heavy atom. The molecule has 1 unspecified atom stereocenters. The van der Waals surface area contributed by atoms with E-state index in [0.29, 0.717) is 18.8 Å². The minimum atomic E-state index is -4.48. The number of ether oxygens (including phenoxy) is 1. The summed E-state index contributed by atoms with van der Waals surface area (Å²) in [5.74, 6) is 0.204. The Bertz CT molecular complexity index is 924. The number of hydrogen-bond donors (Lipinski definition) is 1. The average molecular weight is 455 g/mol. The molecule has 8 heteroatoms. The molecule has 2 aromatic rings. The normalized spacial score (nSPS) is 17.4. The molecule has 1 fully saturated rings. The Balaban J connectivity index is 1.65. The maximum atomic E-state index is 12.8. The number of carbonyl (C=O) groups is 1. The van der Waals surface area contributed by atoms with Gasteiger partial charge in [-0.15, -0.1) is 0 Å². The Labute approximate surface area is 185 Å². The zero-order valence-electron chi connectivity index (χ0n) is 17.7. The molecule has 4 nitrogen and oxygen atoms in total. The molecule has 1 amide bonds. The maximum Gasteiger partial charge on any atom is 0.417 e. The van der Waals surface area contributed by atoms with Gasteiger partial charge in [0.15, 0.2) is 0 Å². The van der Waals surface area contributed by atoms with Crippen LogP contribution in [0.25, 0.3) is 0 Å². The summed E-state index contributed by atoms with van der Waals surface area (Å²) in [5, 5.41) is 2.72. The monoisotopic (exact) mass is 454 g/mol. The highest BCUT2D eigenvalue weighted by atomic mass is 35.5. The van der Waals surface area contributed by atoms with Crippen LogP contribution in [0.4, 0.5) is 29.3 Å². The third kappa shape index (κ3) is 6.29. The van der Waals surface area contributed by atoms with Gasteiger partial charge in [0.2, 0.25) is 0 Å². The molecule has 0 spiro atoms. The number of benzene rings is 2. The van der Waals surface area contributed by atoms with Gasteiger partial charge in [-0.25, -0.2) is 4.79 Å². The lowest BCUT2D eigenvalue weighted by Crippen LogP contribution is -2.42. The summed E-state index contributed by atoms with van der Waals surface area (Å²) in [6, 6.07) is 11.3. The van der Waals surface area contributed by atoms with E-state index in [1.807, 2.05) is 45.0 Å². The van der Waals surface area contributed by atoms with E-state index in [2.05, 4.69) is 5.32 Å². The first-order valence-electron chi connectivity index (χ1n) is 10.1. The molecular formula is C23H26ClF3N2O2. The summed E-state index contributed by atoms with van der Waals surface area (Å²) in [6.07, 6.45) is -2.91. The van der Waals surface area contributed by atoms with Gasteiger partial charge in [0.25, 0.3) is 0 Å². The second kappa shape index (κ2) is 8.99. The van der Waals surface area contributed by atoms with Crippen molar-refractivity contribution < 1.29 is 22.7 Å². The van der Waals surface area contributed by atoms with Crippen LogP contribution in [0.1, 0.15) is 50.7 Å². The van der Waals surface area contributed by atoms with E-state index in [1.165, 1.54) is 12.1 Å². The van der Waals surface area contributed by atoms with Gasteiger partial charge >= 0.3 is 12.3 Å². The predicted octanol–water partition coefficient (Wildman–Crippen LogP) is 7.22. The summed E-state index contributed by atoms with van der Waals surface area (Å²) in [5.41, 5.74) is 0.920. The Kier molecular flexibility index (Phi) is 6.74. The topological polar surface area (TPSA) is 41.6 Å². The van der Waals surface area contributed by atoms with E-state index in [0.717, 1.165) is 30.2 Å². The molecule has 1 aliphatic rings. The first-order chi connectivity index (χ1) is 14.4. The molecule has 0 bridgehead atoms. The lowest BCUT2D eigenvalue weighted by Gasteiger charge is -2.34. The smallest absolute Gasteiger partial charge is 0.417 e. The van der Waals surface area contributed by atoms with Crippen molar-refractivity contribution in [2.45, 2.75) is 51.3 Å². The molecule has 0 aromatic heterocycles. The minimum Gasteiger partial charge on any atom is -0.444 e. The van der Waals surface area contributed by atoms with Crippen molar-refractivity contribution in [2.75, 3.05) is 18.4 Å². The van der Waals surface area contributed by atoms with E-state index >= 15 is 0 Å². The molecule has 1 saturated heterocycles. The van der Waals surface area contributed by atoms with Crippen molar-refractivity contribution in [2.24, 2.45) is 0 Å². The van der Waals surface area contributed by atoms with Crippen molar-refractivity contribution in [1.82, 2.24) is 4.90 Å². The number of anilines is 2. The van der Waals surface area contributed by atoms with Crippen molar-refractivity contribution in [3.63, 3.8) is 0 Å². The summed E-state index contributed by atoms with van der Waals surface area (Å²) < 4.78 is 44.0. The third-order valence-corrected chi connectivity index (χ3v) is 5.33. The number of amides is 1. The number of halogens is 4. The Morgan fingerprint density at radius 3 is 2.32 bits per heavy atom. The number of carbonyl (C=O) groups excluding carboxylic acids is 1. The molecule has 3 rings (SSSR count). The van der Waals surface area contributed by atoms with Crippen molar-refractivity contribution >= 4 is 29.1 Å². The molecular weight excluding hydrogens is 429 g/mol. The summed E-state index contributed by atoms with van der Waals surface area (Å²) in [4.78, 5) is 14.1. The molecule has 1 heterocycles. The number of alkyl halides is 3. The van der Waals surface area contributed by atoms with Crippen LogP contribution in [-0.2, 0) is 10.9 Å². The van der Waals surface area contributed by atoms with Gasteiger partial charge in [0.05, 0.1) is 10.6 Å². The van der Waals surface area contributed by atoms with Crippen molar-refractivity contribution in [1.29, 1.82) is 0 Å². The highest BCUT2D eigenvalue weighted by Crippen LogP contribution is 2.36. The molecule has 0 aliphatic carbocycles. The summed E-state index contributed by atoms with van der Waals surface area (Å²) in [7, 11) is 0. The van der Waals surface area contributed by atoms with Crippen LogP contribution in [0.5, 0.6) is 0 Å². The fourth-order valence-electron chi connectivity index (χ4n) is 3.57. The zero-order chi connectivity index (χ0) is 22.8. The molecule has 168 valence electrons. The number of nitrogens with one attached hydrogen (secondary N) is 1. The Morgan fingerprint density at radius 1 is 1.10 bits per heavy atom. The number of piperidine rings is 1. The molecule has 31 heavy (non-hydrogen) atoms. The van der Waals surface area contributed by atoms with Crippen molar-refractivity contribution in [3.05, 3.63) is 58.6 Å². The van der Waals surface area contributed by atoms with E-state index in [4.69, 9.17) is 16.3 Å². The largest absolute Gasteiger partial charge is 0.444 e. The molecule has 0 radical (unpaired) electrons. The lowest BCUT2D eigenvalue weighted by molar-refractivity contribution is -0.137. The van der Waals surface area contributed by atoms with Gasteiger partial charge in [-0.05, 0) is 69.5 Å². The summed E-state index contributed by atoms with van der Waals surface area (Å²) in [6.45, 7) is 6.82. The van der Waals surface area contributed by atoms with Gasteiger partial charge in [0, 0.05) is 30.4 Å². The first-order valence-corrected chi connectivity index (χ1v) is 10.5. The van der Waals surface area contributed by atoms with Gasteiger partial charge in [-0.1, -0.05) is 23.7 Å². The van der Waals surface area contributed by atoms with E-state index in [1.54, 1.807) is 4.90 Å². The summed E-state index contributed by atoms with van der Waals surface area (Å²) >= 11 is 5.78. The highest BCUT2D eigenvalue weighted by molar-refractivity contribution is 6.31. The SMILES string of the molecule is CC(C)(C)OC(=O)N1CCCC(c2ccc(Nc3ccc(C(F)(F)F)c(Cl)c3)cc2)C1. The van der Waals surface area contributed by atoms with Gasteiger partial charge in [0.1, 0.15) is 5.60 Å². The molecule has 1 N–H and O–H groups in total. The van der Waals surface area contributed by atoms with E-state index in [9.17, 15) is 18.0 Å². The number of nitrogens with zero attached hydrogens (tertiary/aromatic N) is 1. The second-order valence-electron chi connectivity index (χ2n) is 8.70. The molecule has 0 saturated carbocycles. The lowest BCUT2D eigenvalue weighted by atomic mass is 9.90. The van der Waals surface area contributed by atoms with Crippen LogP contribution in [0.15, 0.2) is 42.5 Å². The first kappa shape index (κ1) is 23.3. The van der Waals surface area contributed by atoms with Crippen LogP contribution in [-0.4, -0.2) is 29.7 Å². The average Bonchev–Trinajstić information content (AvgIpc) is 2.66. The van der Waals surface area contributed by atoms with Crippen molar-refractivity contribution in [3.8, 4) is 0 Å². The quantitative estimate of drug-likeness (QED) is 0.532.